The average molecular weight is 345 g/mol. The van der Waals surface area contributed by atoms with E-state index in [9.17, 15) is 15.3 Å². The molecule has 0 atom stereocenters. The van der Waals surface area contributed by atoms with Gasteiger partial charge < -0.3 is 10.6 Å². The molecule has 0 bridgehead atoms. The molecule has 0 aliphatic rings. The fourth-order valence-corrected chi connectivity index (χ4v) is 3.30. The van der Waals surface area contributed by atoms with Crippen LogP contribution in [0.4, 0.5) is 5.82 Å². The number of nitriles is 2. The van der Waals surface area contributed by atoms with Crippen molar-refractivity contribution < 1.29 is 4.79 Å². The Balaban J connectivity index is 3.21. The average Bonchev–Trinajstić information content (AvgIpc) is 2.53. The monoisotopic (exact) mass is 345 g/mol. The molecule has 1 rings (SSSR count). The fraction of sp³-hybridized carbons (Fsp3) is 0.529. The third kappa shape index (κ3) is 4.62. The lowest BCUT2D eigenvalue weighted by Gasteiger charge is -2.19. The number of nitrogens with zero attached hydrogens (tertiary/aromatic N) is 4. The van der Waals surface area contributed by atoms with Crippen LogP contribution in [-0.4, -0.2) is 34.6 Å². The number of nitrogen functional groups attached to an aromatic ring is 1. The largest absolute Gasteiger partial charge is 0.383 e. The Morgan fingerprint density at radius 2 is 1.83 bits per heavy atom. The number of nitrogens with two attached hydrogens (primary N) is 1. The van der Waals surface area contributed by atoms with E-state index in [2.05, 4.69) is 11.1 Å². The van der Waals surface area contributed by atoms with Gasteiger partial charge >= 0.3 is 0 Å². The molecule has 1 aromatic heterocycles. The van der Waals surface area contributed by atoms with Crippen LogP contribution in [0.25, 0.3) is 0 Å². The van der Waals surface area contributed by atoms with Crippen LogP contribution < -0.4 is 5.73 Å². The number of thioether (sulfide) groups is 1. The normalized spacial score (nSPS) is 10.3. The summed E-state index contributed by atoms with van der Waals surface area (Å²) >= 11 is 1.20. The van der Waals surface area contributed by atoms with Crippen LogP contribution in [0, 0.1) is 28.6 Å². The smallest absolute Gasteiger partial charge is 0.232 e. The number of anilines is 1. The van der Waals surface area contributed by atoms with Crippen molar-refractivity contribution in [2.24, 2.45) is 5.92 Å². The molecule has 6 nitrogen and oxygen atoms in total. The molecule has 24 heavy (non-hydrogen) atoms. The van der Waals surface area contributed by atoms with Crippen molar-refractivity contribution in [1.82, 2.24) is 9.88 Å². The zero-order chi connectivity index (χ0) is 18.3. The summed E-state index contributed by atoms with van der Waals surface area (Å²) in [5.41, 5.74) is 7.14. The molecular weight excluding hydrogens is 322 g/mol. The van der Waals surface area contributed by atoms with Gasteiger partial charge in [0.25, 0.3) is 0 Å². The van der Waals surface area contributed by atoms with E-state index >= 15 is 0 Å². The Bertz CT molecular complexity index is 684. The molecule has 1 aromatic rings. The molecule has 2 N–H and O–H groups in total. The Kier molecular flexibility index (Phi) is 7.54. The third-order valence-corrected chi connectivity index (χ3v) is 4.54. The molecule has 0 aliphatic carbocycles. The number of aromatic nitrogens is 1. The maximum absolute atomic E-state index is 12.2. The maximum atomic E-state index is 12.2. The van der Waals surface area contributed by atoms with Gasteiger partial charge in [0.1, 0.15) is 23.0 Å². The first kappa shape index (κ1) is 19.8. The second-order valence-corrected chi connectivity index (χ2v) is 6.67. The number of hydrogen-bond donors (Lipinski definition) is 1. The lowest BCUT2D eigenvalue weighted by molar-refractivity contribution is -0.127. The van der Waals surface area contributed by atoms with Gasteiger partial charge in [-0.1, -0.05) is 25.6 Å². The molecule has 1 heterocycles. The van der Waals surface area contributed by atoms with E-state index in [1.807, 2.05) is 33.8 Å². The quantitative estimate of drug-likeness (QED) is 0.761. The number of rotatable bonds is 7. The van der Waals surface area contributed by atoms with Gasteiger partial charge in [0.15, 0.2) is 0 Å². The van der Waals surface area contributed by atoms with Gasteiger partial charge in [0.2, 0.25) is 5.91 Å². The minimum atomic E-state index is -0.0102. The number of hydrogen-bond acceptors (Lipinski definition) is 6. The van der Waals surface area contributed by atoms with Gasteiger partial charge in [-0.25, -0.2) is 4.98 Å². The molecule has 0 radical (unpaired) electrons. The van der Waals surface area contributed by atoms with E-state index in [1.54, 1.807) is 4.90 Å². The first-order chi connectivity index (χ1) is 11.4. The van der Waals surface area contributed by atoms with Crippen LogP contribution in [-0.2, 0) is 11.2 Å². The highest BCUT2D eigenvalue weighted by atomic mass is 32.2. The highest BCUT2D eigenvalue weighted by molar-refractivity contribution is 8.00. The molecule has 128 valence electrons. The number of carbonyl (C=O) groups excluding carboxylic acids is 1. The maximum Gasteiger partial charge on any atom is 0.232 e. The Morgan fingerprint density at radius 1 is 1.25 bits per heavy atom. The zero-order valence-corrected chi connectivity index (χ0v) is 15.4. The number of carbonyl (C=O) groups is 1. The van der Waals surface area contributed by atoms with Gasteiger partial charge in [0.05, 0.1) is 16.9 Å². The van der Waals surface area contributed by atoms with Crippen molar-refractivity contribution in [3.05, 3.63) is 16.7 Å². The topological polar surface area (TPSA) is 107 Å². The fourth-order valence-electron chi connectivity index (χ4n) is 2.38. The molecule has 0 unspecified atom stereocenters. The number of amides is 1. The van der Waals surface area contributed by atoms with Crippen molar-refractivity contribution in [3.8, 4) is 12.1 Å². The highest BCUT2D eigenvalue weighted by Gasteiger charge is 2.21. The highest BCUT2D eigenvalue weighted by Crippen LogP contribution is 2.30. The standard InChI is InChI=1S/C17H23N5OS/c1-5-22(6-2)15(23)10-24-17-14(9-19)12(7-11(3)4)13(8-18)16(20)21-17/h11H,5-7,10H2,1-4H3,(H2,20,21). The van der Waals surface area contributed by atoms with Crippen molar-refractivity contribution in [2.75, 3.05) is 24.6 Å². The third-order valence-electron chi connectivity index (χ3n) is 3.58. The van der Waals surface area contributed by atoms with E-state index in [4.69, 9.17) is 5.73 Å². The van der Waals surface area contributed by atoms with Gasteiger partial charge in [-0.15, -0.1) is 0 Å². The van der Waals surface area contributed by atoms with E-state index < -0.39 is 0 Å². The molecule has 0 aromatic carbocycles. The summed E-state index contributed by atoms with van der Waals surface area (Å²) in [6, 6.07) is 4.19. The van der Waals surface area contributed by atoms with E-state index in [0.29, 0.717) is 35.7 Å². The van der Waals surface area contributed by atoms with Crippen molar-refractivity contribution >= 4 is 23.5 Å². The van der Waals surface area contributed by atoms with Crippen LogP contribution in [0.2, 0.25) is 0 Å². The summed E-state index contributed by atoms with van der Waals surface area (Å²) < 4.78 is 0. The van der Waals surface area contributed by atoms with Gasteiger partial charge in [0, 0.05) is 13.1 Å². The van der Waals surface area contributed by atoms with Crippen molar-refractivity contribution in [3.63, 3.8) is 0 Å². The lowest BCUT2D eigenvalue weighted by Crippen LogP contribution is -2.31. The molecule has 0 spiro atoms. The van der Waals surface area contributed by atoms with Crippen LogP contribution >= 0.6 is 11.8 Å². The van der Waals surface area contributed by atoms with Crippen LogP contribution in [0.5, 0.6) is 0 Å². The molecule has 7 heteroatoms. The van der Waals surface area contributed by atoms with Gasteiger partial charge in [-0.05, 0) is 31.7 Å². The minimum absolute atomic E-state index is 0.0102. The first-order valence-corrected chi connectivity index (χ1v) is 8.91. The van der Waals surface area contributed by atoms with Crippen molar-refractivity contribution in [1.29, 1.82) is 10.5 Å². The number of pyridine rings is 1. The zero-order valence-electron chi connectivity index (χ0n) is 14.6. The van der Waals surface area contributed by atoms with Gasteiger partial charge in [-0.2, -0.15) is 10.5 Å². The summed E-state index contributed by atoms with van der Waals surface area (Å²) in [5, 5.41) is 19.3. The lowest BCUT2D eigenvalue weighted by atomic mass is 9.95. The molecule has 0 saturated carbocycles. The summed E-state index contributed by atoms with van der Waals surface area (Å²) in [6.07, 6.45) is 0.566. The van der Waals surface area contributed by atoms with Crippen molar-refractivity contribution in [2.45, 2.75) is 39.1 Å². The van der Waals surface area contributed by atoms with Crippen LogP contribution in [0.15, 0.2) is 5.03 Å². The molecule has 0 saturated heterocycles. The van der Waals surface area contributed by atoms with Crippen LogP contribution in [0.3, 0.4) is 0 Å². The SMILES string of the molecule is CCN(CC)C(=O)CSc1nc(N)c(C#N)c(CC(C)C)c1C#N. The molecule has 0 fully saturated rings. The van der Waals surface area contributed by atoms with E-state index in [0.717, 1.165) is 0 Å². The summed E-state index contributed by atoms with van der Waals surface area (Å²) in [6.45, 7) is 9.15. The summed E-state index contributed by atoms with van der Waals surface area (Å²) in [4.78, 5) is 18.1. The molecular formula is C17H23N5OS. The summed E-state index contributed by atoms with van der Waals surface area (Å²) in [5.74, 6) is 0.561. The Labute approximate surface area is 147 Å². The minimum Gasteiger partial charge on any atom is -0.383 e. The predicted molar refractivity (Wildman–Crippen MR) is 95.3 cm³/mol. The summed E-state index contributed by atoms with van der Waals surface area (Å²) in [7, 11) is 0. The Hall–Kier alpha value is -2.25. The first-order valence-electron chi connectivity index (χ1n) is 7.92. The van der Waals surface area contributed by atoms with E-state index in [-0.39, 0.29) is 29.0 Å². The Morgan fingerprint density at radius 3 is 2.29 bits per heavy atom. The van der Waals surface area contributed by atoms with Gasteiger partial charge in [-0.3, -0.25) is 4.79 Å². The van der Waals surface area contributed by atoms with Crippen LogP contribution in [0.1, 0.15) is 44.4 Å². The second kappa shape index (κ2) is 9.14. The predicted octanol–water partition coefficient (Wildman–Crippen LogP) is 2.57. The molecule has 0 aliphatic heterocycles. The van der Waals surface area contributed by atoms with E-state index in [1.165, 1.54) is 11.8 Å². The second-order valence-electron chi connectivity index (χ2n) is 5.71. The molecule has 1 amide bonds.